The van der Waals surface area contributed by atoms with Crippen LogP contribution >= 0.6 is 0 Å². The number of aliphatic hydroxyl groups excluding tert-OH is 1. The normalized spacial score (nSPS) is 19.4. The van der Waals surface area contributed by atoms with Gasteiger partial charge in [-0.15, -0.1) is 0 Å². The predicted octanol–water partition coefficient (Wildman–Crippen LogP) is 2.51. The van der Waals surface area contributed by atoms with Gasteiger partial charge in [-0.3, -0.25) is 0 Å². The molecule has 18 heavy (non-hydrogen) atoms. The Bertz CT molecular complexity index is 510. The Balaban J connectivity index is 1.92. The van der Waals surface area contributed by atoms with E-state index in [4.69, 9.17) is 4.52 Å². The average molecular weight is 244 g/mol. The zero-order valence-electron chi connectivity index (χ0n) is 10.1. The Morgan fingerprint density at radius 1 is 1.33 bits per heavy atom. The molecule has 94 valence electrons. The molecule has 4 heteroatoms. The molecule has 0 aliphatic carbocycles. The first kappa shape index (κ1) is 11.3. The molecule has 3 rings (SSSR count). The van der Waals surface area contributed by atoms with E-state index in [9.17, 15) is 5.11 Å². The van der Waals surface area contributed by atoms with E-state index in [1.54, 1.807) is 6.20 Å². The van der Waals surface area contributed by atoms with E-state index in [1.807, 2.05) is 24.3 Å². The predicted molar refractivity (Wildman–Crippen MR) is 68.2 cm³/mol. The lowest BCUT2D eigenvalue weighted by Crippen LogP contribution is -2.23. The second-order valence-corrected chi connectivity index (χ2v) is 4.62. The van der Waals surface area contributed by atoms with E-state index in [0.29, 0.717) is 6.54 Å². The fourth-order valence-electron chi connectivity index (χ4n) is 2.48. The number of hydrogen-bond donors (Lipinski definition) is 1. The first-order valence-corrected chi connectivity index (χ1v) is 6.26. The molecule has 2 heterocycles. The molecule has 0 saturated carbocycles. The fraction of sp³-hybridized carbons (Fsp3) is 0.357. The maximum atomic E-state index is 10.1. The molecule has 1 aromatic carbocycles. The van der Waals surface area contributed by atoms with Crippen molar-refractivity contribution in [2.45, 2.75) is 25.5 Å². The minimum atomic E-state index is -0.360. The van der Waals surface area contributed by atoms with E-state index in [1.165, 1.54) is 0 Å². The monoisotopic (exact) mass is 244 g/mol. The summed E-state index contributed by atoms with van der Waals surface area (Å²) in [5, 5.41) is 13.9. The number of benzene rings is 1. The fourth-order valence-corrected chi connectivity index (χ4v) is 2.48. The van der Waals surface area contributed by atoms with Gasteiger partial charge in [0.25, 0.3) is 0 Å². The molecular formula is C14H16N2O2. The average Bonchev–Trinajstić information content (AvgIpc) is 2.85. The van der Waals surface area contributed by atoms with Crippen molar-refractivity contribution < 1.29 is 9.63 Å². The second-order valence-electron chi connectivity index (χ2n) is 4.62. The summed E-state index contributed by atoms with van der Waals surface area (Å²) in [5.74, 6) is 0.848. The third-order valence-corrected chi connectivity index (χ3v) is 3.38. The van der Waals surface area contributed by atoms with Crippen molar-refractivity contribution in [3.63, 3.8) is 0 Å². The van der Waals surface area contributed by atoms with Crippen molar-refractivity contribution in [3.05, 3.63) is 47.9 Å². The smallest absolute Gasteiger partial charge is 0.155 e. The van der Waals surface area contributed by atoms with Gasteiger partial charge in [-0.2, -0.15) is 0 Å². The van der Waals surface area contributed by atoms with Crippen LogP contribution in [-0.4, -0.2) is 16.8 Å². The SMILES string of the molecule is OC1CCCN(Cc2ccno2)c2ccccc21. The summed E-state index contributed by atoms with van der Waals surface area (Å²) >= 11 is 0. The van der Waals surface area contributed by atoms with Crippen molar-refractivity contribution in [3.8, 4) is 0 Å². The minimum Gasteiger partial charge on any atom is -0.388 e. The molecule has 0 fully saturated rings. The number of fused-ring (bicyclic) bond motifs is 1. The molecule has 1 aliphatic heterocycles. The second kappa shape index (κ2) is 4.82. The molecule has 1 aliphatic rings. The molecule has 0 radical (unpaired) electrons. The Morgan fingerprint density at radius 3 is 3.06 bits per heavy atom. The summed E-state index contributed by atoms with van der Waals surface area (Å²) in [5.41, 5.74) is 2.11. The summed E-state index contributed by atoms with van der Waals surface area (Å²) in [4.78, 5) is 2.24. The van der Waals surface area contributed by atoms with Crippen LogP contribution in [-0.2, 0) is 6.54 Å². The highest BCUT2D eigenvalue weighted by Crippen LogP contribution is 2.33. The van der Waals surface area contributed by atoms with E-state index in [-0.39, 0.29) is 6.10 Å². The van der Waals surface area contributed by atoms with Crippen molar-refractivity contribution in [2.24, 2.45) is 0 Å². The molecule has 4 nitrogen and oxygen atoms in total. The Labute approximate surface area is 106 Å². The van der Waals surface area contributed by atoms with Gasteiger partial charge in [0.15, 0.2) is 5.76 Å². The number of aromatic nitrogens is 1. The standard InChI is InChI=1S/C14H16N2O2/c17-14-6-3-9-16(10-11-7-8-15-18-11)13-5-2-1-4-12(13)14/h1-2,4-5,7-8,14,17H,3,6,9-10H2. The van der Waals surface area contributed by atoms with Crippen LogP contribution in [0.25, 0.3) is 0 Å². The molecule has 1 aromatic heterocycles. The van der Waals surface area contributed by atoms with E-state index in [0.717, 1.165) is 36.4 Å². The number of anilines is 1. The number of nitrogens with zero attached hydrogens (tertiary/aromatic N) is 2. The number of hydrogen-bond acceptors (Lipinski definition) is 4. The molecular weight excluding hydrogens is 228 g/mol. The highest BCUT2D eigenvalue weighted by atomic mass is 16.5. The lowest BCUT2D eigenvalue weighted by atomic mass is 10.0. The highest BCUT2D eigenvalue weighted by molar-refractivity contribution is 5.55. The number of para-hydroxylation sites is 1. The van der Waals surface area contributed by atoms with Crippen LogP contribution in [0.15, 0.2) is 41.1 Å². The Kier molecular flexibility index (Phi) is 3.02. The van der Waals surface area contributed by atoms with Crippen molar-refractivity contribution in [1.29, 1.82) is 0 Å². The summed E-state index contributed by atoms with van der Waals surface area (Å²) in [6, 6.07) is 9.91. The first-order valence-electron chi connectivity index (χ1n) is 6.26. The van der Waals surface area contributed by atoms with Crippen LogP contribution < -0.4 is 4.90 Å². The van der Waals surface area contributed by atoms with Crippen molar-refractivity contribution in [2.75, 3.05) is 11.4 Å². The largest absolute Gasteiger partial charge is 0.388 e. The van der Waals surface area contributed by atoms with Gasteiger partial charge < -0.3 is 14.5 Å². The van der Waals surface area contributed by atoms with Crippen LogP contribution in [0.3, 0.4) is 0 Å². The van der Waals surface area contributed by atoms with E-state index >= 15 is 0 Å². The van der Waals surface area contributed by atoms with Crippen LogP contribution in [0.1, 0.15) is 30.3 Å². The number of aliphatic hydroxyl groups is 1. The van der Waals surface area contributed by atoms with E-state index in [2.05, 4.69) is 16.1 Å². The maximum absolute atomic E-state index is 10.1. The lowest BCUT2D eigenvalue weighted by Gasteiger charge is -2.23. The van der Waals surface area contributed by atoms with Gasteiger partial charge in [0.05, 0.1) is 18.8 Å². The summed E-state index contributed by atoms with van der Waals surface area (Å²) in [7, 11) is 0. The highest BCUT2D eigenvalue weighted by Gasteiger charge is 2.21. The van der Waals surface area contributed by atoms with Crippen molar-refractivity contribution in [1.82, 2.24) is 5.16 Å². The summed E-state index contributed by atoms with van der Waals surface area (Å²) < 4.78 is 5.16. The zero-order chi connectivity index (χ0) is 12.4. The van der Waals surface area contributed by atoms with Gasteiger partial charge in [-0.1, -0.05) is 23.4 Å². The topological polar surface area (TPSA) is 49.5 Å². The Morgan fingerprint density at radius 2 is 2.22 bits per heavy atom. The minimum absolute atomic E-state index is 0.360. The molecule has 0 amide bonds. The Hall–Kier alpha value is -1.81. The molecule has 2 aromatic rings. The van der Waals surface area contributed by atoms with Gasteiger partial charge in [0.1, 0.15) is 0 Å². The third kappa shape index (κ3) is 2.11. The van der Waals surface area contributed by atoms with E-state index < -0.39 is 0 Å². The van der Waals surface area contributed by atoms with Gasteiger partial charge in [0, 0.05) is 23.9 Å². The molecule has 0 spiro atoms. The third-order valence-electron chi connectivity index (χ3n) is 3.38. The van der Waals surface area contributed by atoms with Gasteiger partial charge in [0.2, 0.25) is 0 Å². The molecule has 1 unspecified atom stereocenters. The van der Waals surface area contributed by atoms with Crippen molar-refractivity contribution >= 4 is 5.69 Å². The van der Waals surface area contributed by atoms with Crippen LogP contribution in [0, 0.1) is 0 Å². The molecule has 1 atom stereocenters. The van der Waals surface area contributed by atoms with Crippen LogP contribution in [0.2, 0.25) is 0 Å². The quantitative estimate of drug-likeness (QED) is 0.881. The van der Waals surface area contributed by atoms with Gasteiger partial charge >= 0.3 is 0 Å². The lowest BCUT2D eigenvalue weighted by molar-refractivity contribution is 0.168. The van der Waals surface area contributed by atoms with Crippen LogP contribution in [0.4, 0.5) is 5.69 Å². The van der Waals surface area contributed by atoms with Gasteiger partial charge in [-0.05, 0) is 18.9 Å². The number of rotatable bonds is 2. The maximum Gasteiger partial charge on any atom is 0.155 e. The van der Waals surface area contributed by atoms with Gasteiger partial charge in [-0.25, -0.2) is 0 Å². The summed E-state index contributed by atoms with van der Waals surface area (Å²) in [6.07, 6.45) is 3.09. The zero-order valence-corrected chi connectivity index (χ0v) is 10.1. The van der Waals surface area contributed by atoms with Crippen LogP contribution in [0.5, 0.6) is 0 Å². The summed E-state index contributed by atoms with van der Waals surface area (Å²) in [6.45, 7) is 1.62. The first-order chi connectivity index (χ1) is 8.84. The molecule has 0 bridgehead atoms. The molecule has 0 saturated heterocycles. The molecule has 1 N–H and O–H groups in total.